The van der Waals surface area contributed by atoms with E-state index in [1.165, 1.54) is 32.1 Å². The van der Waals surface area contributed by atoms with Crippen LogP contribution in [0.15, 0.2) is 24.3 Å². The number of ether oxygens (including phenoxy) is 1. The number of hydrogen-bond donors (Lipinski definition) is 0. The minimum atomic E-state index is 0.153. The number of carbonyl (C=O) groups excluding carboxylic acids is 1. The fourth-order valence-electron chi connectivity index (χ4n) is 3.83. The van der Waals surface area contributed by atoms with Crippen molar-refractivity contribution in [1.82, 2.24) is 9.80 Å². The Labute approximate surface area is 145 Å². The standard InChI is InChI=1S/C20H30N2O2/c1-2-16-24-19-10-8-17(9-11-19)20(23)22-14-12-21(13-15-22)18-6-4-3-5-7-18/h8-11,18H,2-7,12-16H2,1H3. The number of carbonyl (C=O) groups is 1. The minimum Gasteiger partial charge on any atom is -0.494 e. The lowest BCUT2D eigenvalue weighted by atomic mass is 9.94. The monoisotopic (exact) mass is 330 g/mol. The Balaban J connectivity index is 1.51. The third-order valence-electron chi connectivity index (χ3n) is 5.27. The quantitative estimate of drug-likeness (QED) is 0.827. The molecule has 1 saturated heterocycles. The molecule has 132 valence electrons. The van der Waals surface area contributed by atoms with Gasteiger partial charge in [0.1, 0.15) is 5.75 Å². The third-order valence-corrected chi connectivity index (χ3v) is 5.27. The molecule has 0 spiro atoms. The van der Waals surface area contributed by atoms with Crippen LogP contribution in [-0.4, -0.2) is 54.5 Å². The first-order valence-electron chi connectivity index (χ1n) is 9.54. The average molecular weight is 330 g/mol. The molecule has 1 amide bonds. The maximum atomic E-state index is 12.7. The van der Waals surface area contributed by atoms with Crippen molar-refractivity contribution in [3.63, 3.8) is 0 Å². The Morgan fingerprint density at radius 2 is 1.71 bits per heavy atom. The summed E-state index contributed by atoms with van der Waals surface area (Å²) in [5.41, 5.74) is 0.768. The zero-order valence-electron chi connectivity index (χ0n) is 14.9. The summed E-state index contributed by atoms with van der Waals surface area (Å²) in [5.74, 6) is 0.996. The second kappa shape index (κ2) is 8.52. The van der Waals surface area contributed by atoms with Gasteiger partial charge in [-0.2, -0.15) is 0 Å². The zero-order chi connectivity index (χ0) is 16.8. The lowest BCUT2D eigenvalue weighted by Crippen LogP contribution is -2.52. The van der Waals surface area contributed by atoms with E-state index in [-0.39, 0.29) is 5.91 Å². The molecule has 0 unspecified atom stereocenters. The van der Waals surface area contributed by atoms with Crippen LogP contribution >= 0.6 is 0 Å². The van der Waals surface area contributed by atoms with Gasteiger partial charge in [0.15, 0.2) is 0 Å². The van der Waals surface area contributed by atoms with Gasteiger partial charge in [-0.3, -0.25) is 9.69 Å². The van der Waals surface area contributed by atoms with E-state index in [4.69, 9.17) is 4.74 Å². The zero-order valence-corrected chi connectivity index (χ0v) is 14.9. The normalized spacial score (nSPS) is 20.1. The summed E-state index contributed by atoms with van der Waals surface area (Å²) >= 11 is 0. The Hall–Kier alpha value is -1.55. The molecule has 1 aromatic carbocycles. The summed E-state index contributed by atoms with van der Waals surface area (Å²) in [6, 6.07) is 8.34. The van der Waals surface area contributed by atoms with E-state index in [0.29, 0.717) is 0 Å². The van der Waals surface area contributed by atoms with Crippen molar-refractivity contribution in [3.8, 4) is 5.75 Å². The van der Waals surface area contributed by atoms with Gasteiger partial charge in [-0.05, 0) is 43.5 Å². The van der Waals surface area contributed by atoms with E-state index in [1.807, 2.05) is 29.2 Å². The maximum Gasteiger partial charge on any atom is 0.253 e. The number of hydrogen-bond acceptors (Lipinski definition) is 3. The topological polar surface area (TPSA) is 32.8 Å². The molecule has 1 saturated carbocycles. The number of piperazine rings is 1. The molecule has 1 aliphatic carbocycles. The molecule has 0 atom stereocenters. The van der Waals surface area contributed by atoms with Gasteiger partial charge in [0.2, 0.25) is 0 Å². The highest BCUT2D eigenvalue weighted by Crippen LogP contribution is 2.24. The number of benzene rings is 1. The SMILES string of the molecule is CCCOc1ccc(C(=O)N2CCN(C3CCCCC3)CC2)cc1. The smallest absolute Gasteiger partial charge is 0.253 e. The van der Waals surface area contributed by atoms with E-state index < -0.39 is 0 Å². The van der Waals surface area contributed by atoms with Gasteiger partial charge in [-0.15, -0.1) is 0 Å². The van der Waals surface area contributed by atoms with Crippen LogP contribution in [0.25, 0.3) is 0 Å². The summed E-state index contributed by atoms with van der Waals surface area (Å²) in [5, 5.41) is 0. The predicted molar refractivity (Wildman–Crippen MR) is 96.6 cm³/mol. The van der Waals surface area contributed by atoms with E-state index in [0.717, 1.165) is 56.6 Å². The molecule has 1 aromatic rings. The van der Waals surface area contributed by atoms with Crippen molar-refractivity contribution < 1.29 is 9.53 Å². The van der Waals surface area contributed by atoms with Crippen molar-refractivity contribution in [2.75, 3.05) is 32.8 Å². The van der Waals surface area contributed by atoms with Crippen LogP contribution in [0.5, 0.6) is 5.75 Å². The number of nitrogens with zero attached hydrogens (tertiary/aromatic N) is 2. The van der Waals surface area contributed by atoms with Gasteiger partial charge in [0.25, 0.3) is 5.91 Å². The van der Waals surface area contributed by atoms with E-state index >= 15 is 0 Å². The fourth-order valence-corrected chi connectivity index (χ4v) is 3.83. The van der Waals surface area contributed by atoms with Crippen LogP contribution < -0.4 is 4.74 Å². The summed E-state index contributed by atoms with van der Waals surface area (Å²) in [7, 11) is 0. The predicted octanol–water partition coefficient (Wildman–Crippen LogP) is 3.57. The van der Waals surface area contributed by atoms with Crippen LogP contribution in [0.1, 0.15) is 55.8 Å². The van der Waals surface area contributed by atoms with Crippen molar-refractivity contribution in [3.05, 3.63) is 29.8 Å². The molecule has 4 heteroatoms. The fraction of sp³-hybridized carbons (Fsp3) is 0.650. The van der Waals surface area contributed by atoms with Gasteiger partial charge in [0.05, 0.1) is 6.61 Å². The number of amides is 1. The van der Waals surface area contributed by atoms with E-state index in [2.05, 4.69) is 11.8 Å². The second-order valence-corrected chi connectivity index (χ2v) is 6.99. The van der Waals surface area contributed by atoms with Crippen molar-refractivity contribution in [1.29, 1.82) is 0 Å². The lowest BCUT2D eigenvalue weighted by Gasteiger charge is -2.40. The minimum absolute atomic E-state index is 0.153. The Morgan fingerprint density at radius 3 is 2.33 bits per heavy atom. The van der Waals surface area contributed by atoms with Crippen LogP contribution in [-0.2, 0) is 0 Å². The first kappa shape index (κ1) is 17.3. The Kier molecular flexibility index (Phi) is 6.13. The molecule has 4 nitrogen and oxygen atoms in total. The highest BCUT2D eigenvalue weighted by Gasteiger charge is 2.27. The third kappa shape index (κ3) is 4.29. The summed E-state index contributed by atoms with van der Waals surface area (Å²) in [6.45, 7) is 6.55. The van der Waals surface area contributed by atoms with Crippen LogP contribution in [0, 0.1) is 0 Å². The van der Waals surface area contributed by atoms with Crippen LogP contribution in [0.2, 0.25) is 0 Å². The molecule has 0 bridgehead atoms. The Morgan fingerprint density at radius 1 is 1.04 bits per heavy atom. The molecule has 1 heterocycles. The van der Waals surface area contributed by atoms with Gasteiger partial charge in [0, 0.05) is 37.8 Å². The molecule has 0 aromatic heterocycles. The van der Waals surface area contributed by atoms with Crippen molar-refractivity contribution >= 4 is 5.91 Å². The van der Waals surface area contributed by atoms with Gasteiger partial charge in [-0.1, -0.05) is 26.2 Å². The molecule has 0 radical (unpaired) electrons. The Bertz CT molecular complexity index is 515. The average Bonchev–Trinajstić information content (AvgIpc) is 2.67. The molecule has 2 aliphatic rings. The van der Waals surface area contributed by atoms with E-state index in [1.54, 1.807) is 0 Å². The highest BCUT2D eigenvalue weighted by molar-refractivity contribution is 5.94. The van der Waals surface area contributed by atoms with Crippen LogP contribution in [0.4, 0.5) is 0 Å². The summed E-state index contributed by atoms with van der Waals surface area (Å²) < 4.78 is 5.59. The first-order valence-corrected chi connectivity index (χ1v) is 9.54. The number of rotatable bonds is 5. The molecule has 1 aliphatic heterocycles. The molecular weight excluding hydrogens is 300 g/mol. The molecule has 0 N–H and O–H groups in total. The first-order chi connectivity index (χ1) is 11.8. The lowest BCUT2D eigenvalue weighted by molar-refractivity contribution is 0.0523. The summed E-state index contributed by atoms with van der Waals surface area (Å²) in [4.78, 5) is 17.3. The summed E-state index contributed by atoms with van der Waals surface area (Å²) in [6.07, 6.45) is 7.81. The van der Waals surface area contributed by atoms with Crippen molar-refractivity contribution in [2.24, 2.45) is 0 Å². The van der Waals surface area contributed by atoms with Gasteiger partial charge in [-0.25, -0.2) is 0 Å². The molecular formula is C20H30N2O2. The largest absolute Gasteiger partial charge is 0.494 e. The second-order valence-electron chi connectivity index (χ2n) is 6.99. The van der Waals surface area contributed by atoms with Gasteiger partial charge >= 0.3 is 0 Å². The highest BCUT2D eigenvalue weighted by atomic mass is 16.5. The van der Waals surface area contributed by atoms with Gasteiger partial charge < -0.3 is 9.64 Å². The molecule has 3 rings (SSSR count). The van der Waals surface area contributed by atoms with Crippen LogP contribution in [0.3, 0.4) is 0 Å². The maximum absolute atomic E-state index is 12.7. The molecule has 24 heavy (non-hydrogen) atoms. The molecule has 2 fully saturated rings. The van der Waals surface area contributed by atoms with Crippen molar-refractivity contribution in [2.45, 2.75) is 51.5 Å². The van der Waals surface area contributed by atoms with E-state index in [9.17, 15) is 4.79 Å².